The van der Waals surface area contributed by atoms with Gasteiger partial charge in [-0.3, -0.25) is 4.79 Å². The molecule has 1 saturated heterocycles. The third kappa shape index (κ3) is 2.80. The lowest BCUT2D eigenvalue weighted by Crippen LogP contribution is -2.48. The molecule has 5 nitrogen and oxygen atoms in total. The average Bonchev–Trinajstić information content (AvgIpc) is 2.40. The predicted octanol–water partition coefficient (Wildman–Crippen LogP) is 2.05. The summed E-state index contributed by atoms with van der Waals surface area (Å²) in [4.78, 5) is 29.4. The van der Waals surface area contributed by atoms with Crippen molar-refractivity contribution in [1.29, 1.82) is 0 Å². The highest BCUT2D eigenvalue weighted by atomic mass is 32.2. The van der Waals surface area contributed by atoms with Gasteiger partial charge in [0.05, 0.1) is 11.3 Å². The normalized spacial score (nSPS) is 22.6. The van der Waals surface area contributed by atoms with Crippen molar-refractivity contribution in [3.8, 4) is 0 Å². The lowest BCUT2D eigenvalue weighted by atomic mass is 10.1. The molecule has 1 aromatic rings. The van der Waals surface area contributed by atoms with Crippen LogP contribution in [0.1, 0.15) is 40.4 Å². The van der Waals surface area contributed by atoms with E-state index in [-0.39, 0.29) is 17.5 Å². The minimum Gasteiger partial charge on any atom is -0.478 e. The fourth-order valence-electron chi connectivity index (χ4n) is 2.27. The first kappa shape index (κ1) is 14.8. The Morgan fingerprint density at radius 3 is 2.70 bits per heavy atom. The summed E-state index contributed by atoms with van der Waals surface area (Å²) in [6.45, 7) is 6.46. The highest BCUT2D eigenvalue weighted by molar-refractivity contribution is 8.00. The summed E-state index contributed by atoms with van der Waals surface area (Å²) in [7, 11) is 0. The van der Waals surface area contributed by atoms with Gasteiger partial charge < -0.3 is 10.0 Å². The van der Waals surface area contributed by atoms with Crippen molar-refractivity contribution in [1.82, 2.24) is 9.88 Å². The minimum atomic E-state index is -1.02. The van der Waals surface area contributed by atoms with Crippen LogP contribution in [-0.2, 0) is 0 Å². The van der Waals surface area contributed by atoms with E-state index in [0.29, 0.717) is 23.2 Å². The molecule has 108 valence electrons. The number of carboxylic acid groups (broad SMARTS) is 1. The first-order chi connectivity index (χ1) is 9.41. The standard InChI is InChI=1S/C14H18N2O3S/c1-8-11(14(18)19)4-5-12(15-8)13(17)16-6-7-20-10(3)9(16)2/h4-5,9-10H,6-7H2,1-3H3,(H,18,19). The quantitative estimate of drug-likeness (QED) is 0.904. The van der Waals surface area contributed by atoms with E-state index in [4.69, 9.17) is 5.11 Å². The molecule has 0 radical (unpaired) electrons. The van der Waals surface area contributed by atoms with E-state index in [2.05, 4.69) is 11.9 Å². The molecule has 0 bridgehead atoms. The number of hydrogen-bond acceptors (Lipinski definition) is 4. The van der Waals surface area contributed by atoms with Gasteiger partial charge in [0.25, 0.3) is 5.91 Å². The fourth-order valence-corrected chi connectivity index (χ4v) is 3.37. The van der Waals surface area contributed by atoms with E-state index >= 15 is 0 Å². The average molecular weight is 294 g/mol. The number of carbonyl (C=O) groups excluding carboxylic acids is 1. The van der Waals surface area contributed by atoms with E-state index in [1.165, 1.54) is 12.1 Å². The van der Waals surface area contributed by atoms with Crippen LogP contribution in [0.15, 0.2) is 12.1 Å². The van der Waals surface area contributed by atoms with Crippen molar-refractivity contribution < 1.29 is 14.7 Å². The third-order valence-electron chi connectivity index (χ3n) is 3.68. The number of aromatic carboxylic acids is 1. The van der Waals surface area contributed by atoms with Crippen LogP contribution in [-0.4, -0.2) is 50.5 Å². The van der Waals surface area contributed by atoms with Crippen LogP contribution in [0.5, 0.6) is 0 Å². The molecule has 2 rings (SSSR count). The Morgan fingerprint density at radius 2 is 2.10 bits per heavy atom. The Balaban J connectivity index is 2.25. The van der Waals surface area contributed by atoms with Gasteiger partial charge in [0, 0.05) is 23.6 Å². The number of thioether (sulfide) groups is 1. The monoisotopic (exact) mass is 294 g/mol. The van der Waals surface area contributed by atoms with Crippen molar-refractivity contribution in [2.75, 3.05) is 12.3 Å². The molecular weight excluding hydrogens is 276 g/mol. The predicted molar refractivity (Wildman–Crippen MR) is 78.4 cm³/mol. The summed E-state index contributed by atoms with van der Waals surface area (Å²) in [5, 5.41) is 9.38. The first-order valence-electron chi connectivity index (χ1n) is 6.55. The van der Waals surface area contributed by atoms with Gasteiger partial charge >= 0.3 is 5.97 Å². The summed E-state index contributed by atoms with van der Waals surface area (Å²) in [5.74, 6) is -0.223. The molecule has 1 N–H and O–H groups in total. The van der Waals surface area contributed by atoms with Crippen molar-refractivity contribution in [3.63, 3.8) is 0 Å². The molecule has 0 aliphatic carbocycles. The maximum Gasteiger partial charge on any atom is 0.337 e. The lowest BCUT2D eigenvalue weighted by Gasteiger charge is -2.37. The second-order valence-corrected chi connectivity index (χ2v) is 6.43. The number of carboxylic acids is 1. The lowest BCUT2D eigenvalue weighted by molar-refractivity contribution is 0.0677. The molecule has 0 spiro atoms. The Hall–Kier alpha value is -1.56. The molecule has 2 unspecified atom stereocenters. The number of pyridine rings is 1. The number of rotatable bonds is 2. The second kappa shape index (κ2) is 5.83. The van der Waals surface area contributed by atoms with Crippen molar-refractivity contribution in [2.24, 2.45) is 0 Å². The molecule has 0 aromatic carbocycles. The number of nitrogens with zero attached hydrogens (tertiary/aromatic N) is 2. The Kier molecular flexibility index (Phi) is 4.32. The SMILES string of the molecule is Cc1nc(C(=O)N2CCSC(C)C2C)ccc1C(=O)O. The van der Waals surface area contributed by atoms with Gasteiger partial charge in [-0.1, -0.05) is 6.92 Å². The minimum absolute atomic E-state index is 0.121. The van der Waals surface area contributed by atoms with Crippen molar-refractivity contribution in [2.45, 2.75) is 32.1 Å². The van der Waals surface area contributed by atoms with Crippen LogP contribution < -0.4 is 0 Å². The summed E-state index contributed by atoms with van der Waals surface area (Å²) in [6.07, 6.45) is 0. The molecule has 1 amide bonds. The zero-order valence-electron chi connectivity index (χ0n) is 11.8. The molecule has 1 aliphatic rings. The number of hydrogen-bond donors (Lipinski definition) is 1. The maximum absolute atomic E-state index is 12.5. The van der Waals surface area contributed by atoms with E-state index in [1.807, 2.05) is 23.6 Å². The summed E-state index contributed by atoms with van der Waals surface area (Å²) in [5.41, 5.74) is 0.825. The van der Waals surface area contributed by atoms with Gasteiger partial charge in [-0.2, -0.15) is 11.8 Å². The van der Waals surface area contributed by atoms with Gasteiger partial charge in [-0.25, -0.2) is 9.78 Å². The topological polar surface area (TPSA) is 70.5 Å². The zero-order chi connectivity index (χ0) is 14.9. The van der Waals surface area contributed by atoms with Crippen LogP contribution in [0, 0.1) is 6.92 Å². The number of carbonyl (C=O) groups is 2. The van der Waals surface area contributed by atoms with Crippen LogP contribution in [0.3, 0.4) is 0 Å². The fraction of sp³-hybridized carbons (Fsp3) is 0.500. The highest BCUT2D eigenvalue weighted by Crippen LogP contribution is 2.25. The Morgan fingerprint density at radius 1 is 1.40 bits per heavy atom. The number of amides is 1. The molecular formula is C14H18N2O3S. The van der Waals surface area contributed by atoms with Crippen molar-refractivity contribution in [3.05, 3.63) is 29.1 Å². The summed E-state index contributed by atoms with van der Waals surface area (Å²) < 4.78 is 0. The van der Waals surface area contributed by atoms with Gasteiger partial charge in [-0.05, 0) is 26.0 Å². The summed E-state index contributed by atoms with van der Waals surface area (Å²) in [6, 6.07) is 3.10. The van der Waals surface area contributed by atoms with E-state index in [0.717, 1.165) is 5.75 Å². The molecule has 6 heteroatoms. The molecule has 1 aliphatic heterocycles. The zero-order valence-corrected chi connectivity index (χ0v) is 12.6. The van der Waals surface area contributed by atoms with Gasteiger partial charge in [-0.15, -0.1) is 0 Å². The maximum atomic E-state index is 12.5. The molecule has 1 aromatic heterocycles. The third-order valence-corrected chi connectivity index (χ3v) is 5.02. The van der Waals surface area contributed by atoms with Crippen LogP contribution >= 0.6 is 11.8 Å². The smallest absolute Gasteiger partial charge is 0.337 e. The van der Waals surface area contributed by atoms with Gasteiger partial charge in [0.15, 0.2) is 0 Å². The second-order valence-electron chi connectivity index (χ2n) is 4.95. The first-order valence-corrected chi connectivity index (χ1v) is 7.60. The Bertz CT molecular complexity index is 547. The van der Waals surface area contributed by atoms with Gasteiger partial charge in [0.2, 0.25) is 0 Å². The molecule has 2 heterocycles. The van der Waals surface area contributed by atoms with E-state index in [9.17, 15) is 9.59 Å². The number of aryl methyl sites for hydroxylation is 1. The van der Waals surface area contributed by atoms with Crippen LogP contribution in [0.25, 0.3) is 0 Å². The molecule has 1 fully saturated rings. The van der Waals surface area contributed by atoms with Crippen LogP contribution in [0.2, 0.25) is 0 Å². The van der Waals surface area contributed by atoms with Crippen LogP contribution in [0.4, 0.5) is 0 Å². The molecule has 2 atom stereocenters. The summed E-state index contributed by atoms with van der Waals surface area (Å²) >= 11 is 1.86. The largest absolute Gasteiger partial charge is 0.478 e. The van der Waals surface area contributed by atoms with E-state index < -0.39 is 5.97 Å². The number of aromatic nitrogens is 1. The van der Waals surface area contributed by atoms with Gasteiger partial charge in [0.1, 0.15) is 5.69 Å². The highest BCUT2D eigenvalue weighted by Gasteiger charge is 2.30. The molecule has 20 heavy (non-hydrogen) atoms. The van der Waals surface area contributed by atoms with Crippen molar-refractivity contribution >= 4 is 23.6 Å². The Labute approximate surface area is 122 Å². The molecule has 0 saturated carbocycles. The van der Waals surface area contributed by atoms with E-state index in [1.54, 1.807) is 6.92 Å².